The molecule has 5 nitrogen and oxygen atoms in total. The minimum atomic E-state index is -2.64. The maximum Gasteiger partial charge on any atom is 0.337 e. The van der Waals surface area contributed by atoms with Gasteiger partial charge in [0.2, 0.25) is 0 Å². The van der Waals surface area contributed by atoms with Gasteiger partial charge in [-0.25, -0.2) is 13.6 Å². The quantitative estimate of drug-likeness (QED) is 0.800. The lowest BCUT2D eigenvalue weighted by atomic mass is 10.2. The Balaban J connectivity index is 2.67. The molecule has 0 aliphatic rings. The molecule has 0 saturated heterocycles. The van der Waals surface area contributed by atoms with Crippen molar-refractivity contribution in [2.45, 2.75) is 6.43 Å². The van der Waals surface area contributed by atoms with Crippen LogP contribution in [-0.2, 0) is 0 Å². The molecule has 0 bridgehead atoms. The van der Waals surface area contributed by atoms with E-state index in [-0.39, 0.29) is 11.3 Å². The van der Waals surface area contributed by atoms with Crippen LogP contribution in [-0.4, -0.2) is 34.9 Å². The van der Waals surface area contributed by atoms with Gasteiger partial charge in [0.05, 0.1) is 12.1 Å². The van der Waals surface area contributed by atoms with E-state index in [1.807, 2.05) is 5.32 Å². The summed E-state index contributed by atoms with van der Waals surface area (Å²) >= 11 is 0. The Hall–Kier alpha value is -2.05. The Morgan fingerprint density at radius 3 is 2.56 bits per heavy atom. The molecule has 0 fully saturated rings. The maximum atomic E-state index is 11.8. The summed E-state index contributed by atoms with van der Waals surface area (Å²) in [4.78, 5) is 25.2. The van der Waals surface area contributed by atoms with Crippen LogP contribution in [0.3, 0.4) is 0 Å². The Labute approximate surface area is 89.1 Å². The molecule has 0 aromatic carbocycles. The number of carboxylic acids is 1. The second-order valence-corrected chi connectivity index (χ2v) is 2.84. The summed E-state index contributed by atoms with van der Waals surface area (Å²) in [6, 6.07) is 2.33. The van der Waals surface area contributed by atoms with Gasteiger partial charge in [0.25, 0.3) is 12.3 Å². The van der Waals surface area contributed by atoms with Gasteiger partial charge in [0, 0.05) is 6.20 Å². The second-order valence-electron chi connectivity index (χ2n) is 2.84. The normalized spacial score (nSPS) is 10.2. The van der Waals surface area contributed by atoms with Gasteiger partial charge in [-0.05, 0) is 12.1 Å². The number of aromatic carboxylic acids is 1. The SMILES string of the molecule is O=C(O)c1ccc(C(=O)NCC(F)F)nc1. The molecule has 0 saturated carbocycles. The van der Waals surface area contributed by atoms with Crippen molar-refractivity contribution >= 4 is 11.9 Å². The van der Waals surface area contributed by atoms with Gasteiger partial charge in [-0.3, -0.25) is 9.78 Å². The molecular weight excluding hydrogens is 222 g/mol. The lowest BCUT2D eigenvalue weighted by Gasteiger charge is -2.03. The molecule has 0 unspecified atom stereocenters. The molecule has 2 N–H and O–H groups in total. The molecular formula is C9H8F2N2O3. The lowest BCUT2D eigenvalue weighted by molar-refractivity contribution is 0.0695. The number of aromatic nitrogens is 1. The third kappa shape index (κ3) is 3.26. The summed E-state index contributed by atoms with van der Waals surface area (Å²) in [5, 5.41) is 10.5. The predicted octanol–water partition coefficient (Wildman–Crippen LogP) is 0.775. The Bertz CT molecular complexity index is 392. The summed E-state index contributed by atoms with van der Waals surface area (Å²) in [5.41, 5.74) is -0.184. The molecule has 1 rings (SSSR count). The van der Waals surface area contributed by atoms with E-state index in [1.54, 1.807) is 0 Å². The molecule has 1 aromatic rings. The zero-order valence-electron chi connectivity index (χ0n) is 7.98. The average Bonchev–Trinajstić information content (AvgIpc) is 2.26. The molecule has 0 atom stereocenters. The van der Waals surface area contributed by atoms with E-state index < -0.39 is 24.8 Å². The Morgan fingerprint density at radius 2 is 2.12 bits per heavy atom. The number of carbonyl (C=O) groups excluding carboxylic acids is 1. The number of rotatable bonds is 4. The van der Waals surface area contributed by atoms with Crippen LogP contribution in [0.15, 0.2) is 18.3 Å². The van der Waals surface area contributed by atoms with Gasteiger partial charge in [0.1, 0.15) is 5.69 Å². The molecule has 86 valence electrons. The third-order valence-electron chi connectivity index (χ3n) is 1.66. The van der Waals surface area contributed by atoms with Gasteiger partial charge in [-0.1, -0.05) is 0 Å². The fraction of sp³-hybridized carbons (Fsp3) is 0.222. The topological polar surface area (TPSA) is 79.3 Å². The van der Waals surface area contributed by atoms with E-state index in [1.165, 1.54) is 6.07 Å². The fourth-order valence-corrected chi connectivity index (χ4v) is 0.915. The molecule has 0 aliphatic heterocycles. The summed E-state index contributed by atoms with van der Waals surface area (Å²) in [6.07, 6.45) is -1.65. The van der Waals surface area contributed by atoms with Gasteiger partial charge >= 0.3 is 5.97 Å². The first kappa shape index (κ1) is 12.0. The summed E-state index contributed by atoms with van der Waals surface area (Å²) < 4.78 is 23.5. The number of alkyl halides is 2. The molecule has 0 radical (unpaired) electrons. The molecule has 16 heavy (non-hydrogen) atoms. The van der Waals surface area contributed by atoms with Gasteiger partial charge < -0.3 is 10.4 Å². The van der Waals surface area contributed by atoms with Crippen molar-refractivity contribution in [3.63, 3.8) is 0 Å². The molecule has 1 aromatic heterocycles. The number of nitrogens with zero attached hydrogens (tertiary/aromatic N) is 1. The molecule has 0 spiro atoms. The van der Waals surface area contributed by atoms with Crippen LogP contribution in [0.25, 0.3) is 0 Å². The lowest BCUT2D eigenvalue weighted by Crippen LogP contribution is -2.29. The smallest absolute Gasteiger partial charge is 0.337 e. The van der Waals surface area contributed by atoms with Crippen molar-refractivity contribution in [1.82, 2.24) is 10.3 Å². The number of carboxylic acid groups (broad SMARTS) is 1. The summed E-state index contributed by atoms with van der Waals surface area (Å²) in [5.74, 6) is -1.94. The standard InChI is InChI=1S/C9H8F2N2O3/c10-7(11)4-13-8(14)6-2-1-5(3-12-6)9(15)16/h1-3,7H,4H2,(H,13,14)(H,15,16). The molecule has 1 heterocycles. The van der Waals surface area contributed by atoms with Crippen LogP contribution in [0, 0.1) is 0 Å². The number of pyridine rings is 1. The fourth-order valence-electron chi connectivity index (χ4n) is 0.915. The van der Waals surface area contributed by atoms with E-state index >= 15 is 0 Å². The first-order valence-electron chi connectivity index (χ1n) is 4.26. The highest BCUT2D eigenvalue weighted by Crippen LogP contribution is 2.00. The average molecular weight is 230 g/mol. The van der Waals surface area contributed by atoms with E-state index in [2.05, 4.69) is 4.98 Å². The van der Waals surface area contributed by atoms with Crippen LogP contribution in [0.1, 0.15) is 20.8 Å². The van der Waals surface area contributed by atoms with Crippen LogP contribution >= 0.6 is 0 Å². The van der Waals surface area contributed by atoms with E-state index in [0.29, 0.717) is 0 Å². The number of hydrogen-bond acceptors (Lipinski definition) is 3. The molecule has 1 amide bonds. The zero-order valence-corrected chi connectivity index (χ0v) is 7.98. The highest BCUT2D eigenvalue weighted by atomic mass is 19.3. The highest BCUT2D eigenvalue weighted by molar-refractivity contribution is 5.93. The van der Waals surface area contributed by atoms with E-state index in [9.17, 15) is 18.4 Å². The van der Waals surface area contributed by atoms with Crippen molar-refractivity contribution < 1.29 is 23.5 Å². The predicted molar refractivity (Wildman–Crippen MR) is 49.5 cm³/mol. The minimum Gasteiger partial charge on any atom is -0.478 e. The van der Waals surface area contributed by atoms with Crippen LogP contribution in [0.5, 0.6) is 0 Å². The second kappa shape index (κ2) is 5.15. The van der Waals surface area contributed by atoms with E-state index in [4.69, 9.17) is 5.11 Å². The number of amides is 1. The van der Waals surface area contributed by atoms with Gasteiger partial charge in [-0.15, -0.1) is 0 Å². The Kier molecular flexibility index (Phi) is 3.87. The largest absolute Gasteiger partial charge is 0.478 e. The third-order valence-corrected chi connectivity index (χ3v) is 1.66. The maximum absolute atomic E-state index is 11.8. The van der Waals surface area contributed by atoms with Crippen molar-refractivity contribution in [3.05, 3.63) is 29.6 Å². The number of carbonyl (C=O) groups is 2. The molecule has 0 aliphatic carbocycles. The number of halogens is 2. The first-order valence-corrected chi connectivity index (χ1v) is 4.26. The monoisotopic (exact) mass is 230 g/mol. The van der Waals surface area contributed by atoms with Gasteiger partial charge in [-0.2, -0.15) is 0 Å². The zero-order chi connectivity index (χ0) is 12.1. The van der Waals surface area contributed by atoms with Crippen molar-refractivity contribution in [2.75, 3.05) is 6.54 Å². The highest BCUT2D eigenvalue weighted by Gasteiger charge is 2.11. The summed E-state index contributed by atoms with van der Waals surface area (Å²) in [7, 11) is 0. The van der Waals surface area contributed by atoms with E-state index in [0.717, 1.165) is 12.3 Å². The van der Waals surface area contributed by atoms with Crippen molar-refractivity contribution in [2.24, 2.45) is 0 Å². The van der Waals surface area contributed by atoms with Crippen molar-refractivity contribution in [1.29, 1.82) is 0 Å². The van der Waals surface area contributed by atoms with Crippen molar-refractivity contribution in [3.8, 4) is 0 Å². The van der Waals surface area contributed by atoms with Crippen LogP contribution in [0.2, 0.25) is 0 Å². The first-order chi connectivity index (χ1) is 7.50. The number of hydrogen-bond donors (Lipinski definition) is 2. The number of nitrogens with one attached hydrogen (secondary N) is 1. The van der Waals surface area contributed by atoms with Gasteiger partial charge in [0.15, 0.2) is 0 Å². The minimum absolute atomic E-state index is 0.0783. The summed E-state index contributed by atoms with van der Waals surface area (Å²) in [6.45, 7) is -0.763. The molecule has 7 heteroatoms. The van der Waals surface area contributed by atoms with Crippen LogP contribution < -0.4 is 5.32 Å². The van der Waals surface area contributed by atoms with Crippen LogP contribution in [0.4, 0.5) is 8.78 Å². The Morgan fingerprint density at radius 1 is 1.44 bits per heavy atom.